The monoisotopic (exact) mass is 1100 g/mol. The van der Waals surface area contributed by atoms with E-state index in [1.54, 1.807) is 0 Å². The lowest BCUT2D eigenvalue weighted by molar-refractivity contribution is -0.166. The molecule has 0 heterocycles. The molecule has 6 heteroatoms. The third-order valence-corrected chi connectivity index (χ3v) is 15.2. The highest BCUT2D eigenvalue weighted by molar-refractivity contribution is 5.71. The van der Waals surface area contributed by atoms with Crippen molar-refractivity contribution in [3.8, 4) is 0 Å². The molecule has 0 aliphatic heterocycles. The number of unbranched alkanes of at least 4 members (excludes halogenated alkanes) is 40. The Morgan fingerprint density at radius 2 is 0.481 bits per heavy atom. The van der Waals surface area contributed by atoms with E-state index < -0.39 is 6.10 Å². The molecule has 1 atom stereocenters. The third kappa shape index (κ3) is 65.5. The van der Waals surface area contributed by atoms with Crippen LogP contribution < -0.4 is 0 Å². The molecular weight excluding hydrogens is 973 g/mol. The van der Waals surface area contributed by atoms with Gasteiger partial charge in [0.1, 0.15) is 13.2 Å². The molecule has 0 saturated heterocycles. The van der Waals surface area contributed by atoms with E-state index in [9.17, 15) is 14.4 Å². The van der Waals surface area contributed by atoms with Gasteiger partial charge in [0.05, 0.1) is 0 Å². The second-order valence-electron chi connectivity index (χ2n) is 23.1. The zero-order valence-corrected chi connectivity index (χ0v) is 52.6. The molecule has 0 aromatic rings. The van der Waals surface area contributed by atoms with Crippen molar-refractivity contribution in [2.45, 2.75) is 361 Å². The number of esters is 3. The maximum atomic E-state index is 12.9. The summed E-state index contributed by atoms with van der Waals surface area (Å²) in [7, 11) is 0. The summed E-state index contributed by atoms with van der Waals surface area (Å²) in [6.07, 6.45) is 87.9. The quantitative estimate of drug-likeness (QED) is 0.0261. The smallest absolute Gasteiger partial charge is 0.306 e. The Morgan fingerprint density at radius 3 is 0.823 bits per heavy atom. The lowest BCUT2D eigenvalue weighted by atomic mass is 10.0. The first-order chi connectivity index (χ1) is 39.0. The maximum Gasteiger partial charge on any atom is 0.306 e. The van der Waals surface area contributed by atoms with Gasteiger partial charge in [0.2, 0.25) is 0 Å². The van der Waals surface area contributed by atoms with Gasteiger partial charge in [-0.1, -0.05) is 325 Å². The fourth-order valence-corrected chi connectivity index (χ4v) is 10.0. The number of carbonyl (C=O) groups is 3. The number of ether oxygens (including phenoxy) is 3. The first-order valence-corrected chi connectivity index (χ1v) is 34.4. The molecule has 0 radical (unpaired) electrons. The fourth-order valence-electron chi connectivity index (χ4n) is 10.0. The van der Waals surface area contributed by atoms with E-state index in [0.717, 1.165) is 64.2 Å². The highest BCUT2D eigenvalue weighted by atomic mass is 16.6. The van der Waals surface area contributed by atoms with Gasteiger partial charge in [-0.3, -0.25) is 14.4 Å². The lowest BCUT2D eigenvalue weighted by Gasteiger charge is -2.18. The Kier molecular flexibility index (Phi) is 64.7. The van der Waals surface area contributed by atoms with Crippen molar-refractivity contribution in [3.63, 3.8) is 0 Å². The summed E-state index contributed by atoms with van der Waals surface area (Å²) in [4.78, 5) is 38.4. The SMILES string of the molecule is CCCCC/C=C\C/C=C\C/C=C\C/C=C\C/C=C\CCC(=O)OC[C@H](COC(=O)CCCCCCCCCCCCCCCCCCCCCCC)OC(=O)CCCCCCCCCCCCC/C=C\CCCCCCCC. The molecule has 0 saturated carbocycles. The van der Waals surface area contributed by atoms with Gasteiger partial charge in [0.25, 0.3) is 0 Å². The van der Waals surface area contributed by atoms with Gasteiger partial charge in [0.15, 0.2) is 6.10 Å². The highest BCUT2D eigenvalue weighted by Crippen LogP contribution is 2.18. The Balaban J connectivity index is 4.42. The van der Waals surface area contributed by atoms with Crippen LogP contribution in [0.1, 0.15) is 355 Å². The Bertz CT molecular complexity index is 1450. The van der Waals surface area contributed by atoms with Gasteiger partial charge in [-0.2, -0.15) is 0 Å². The minimum absolute atomic E-state index is 0.0948. The molecular formula is C73H130O6. The second-order valence-corrected chi connectivity index (χ2v) is 23.1. The summed E-state index contributed by atoms with van der Waals surface area (Å²) in [5.41, 5.74) is 0. The average molecular weight is 1100 g/mol. The van der Waals surface area contributed by atoms with Gasteiger partial charge in [-0.25, -0.2) is 0 Å². The van der Waals surface area contributed by atoms with Crippen molar-refractivity contribution in [2.75, 3.05) is 13.2 Å². The van der Waals surface area contributed by atoms with Gasteiger partial charge < -0.3 is 14.2 Å². The predicted octanol–water partition coefficient (Wildman–Crippen LogP) is 23.7. The number of carbonyl (C=O) groups excluding carboxylic acids is 3. The van der Waals surface area contributed by atoms with Gasteiger partial charge in [-0.15, -0.1) is 0 Å². The van der Waals surface area contributed by atoms with Crippen LogP contribution in [-0.2, 0) is 28.6 Å². The highest BCUT2D eigenvalue weighted by Gasteiger charge is 2.19. The summed E-state index contributed by atoms with van der Waals surface area (Å²) in [5.74, 6) is -0.961. The van der Waals surface area contributed by atoms with Gasteiger partial charge >= 0.3 is 17.9 Å². The van der Waals surface area contributed by atoms with E-state index in [1.807, 2.05) is 6.08 Å². The maximum absolute atomic E-state index is 12.9. The molecule has 0 spiro atoms. The van der Waals surface area contributed by atoms with E-state index in [-0.39, 0.29) is 37.5 Å². The summed E-state index contributed by atoms with van der Waals surface area (Å²) >= 11 is 0. The summed E-state index contributed by atoms with van der Waals surface area (Å²) in [5, 5.41) is 0. The van der Waals surface area contributed by atoms with Crippen molar-refractivity contribution < 1.29 is 28.6 Å². The molecule has 6 nitrogen and oxygen atoms in total. The van der Waals surface area contributed by atoms with E-state index in [4.69, 9.17) is 14.2 Å². The van der Waals surface area contributed by atoms with E-state index in [2.05, 4.69) is 87.6 Å². The molecule has 0 aromatic heterocycles. The van der Waals surface area contributed by atoms with Crippen LogP contribution in [-0.4, -0.2) is 37.2 Å². The standard InChI is InChI=1S/C73H130O6/c1-4-7-10-13-16-19-22-25-28-31-34-36-39-42-45-48-51-54-57-60-63-66-72(75)78-69-70(68-77-71(74)65-62-59-56-53-50-47-44-41-38-33-30-27-24-21-18-15-12-9-6-3)79-73(76)67-64-61-58-55-52-49-46-43-40-37-35-32-29-26-23-20-17-14-11-8-5-2/h18,21,26-27,29-30,38,41,47,50,56,59,70H,4-17,19-20,22-25,28,31-37,39-40,42-46,48-49,51-55,57-58,60-69H2,1-3H3/b21-18-,29-26-,30-27-,41-38-,50-47-,59-56-/t70-/m1/s1. The first kappa shape index (κ1) is 75.8. The Labute approximate surface area is 491 Å². The largest absolute Gasteiger partial charge is 0.462 e. The zero-order valence-electron chi connectivity index (χ0n) is 52.6. The van der Waals surface area contributed by atoms with Crippen LogP contribution in [0.3, 0.4) is 0 Å². The zero-order chi connectivity index (χ0) is 57.1. The van der Waals surface area contributed by atoms with Gasteiger partial charge in [0, 0.05) is 19.3 Å². The van der Waals surface area contributed by atoms with Crippen LogP contribution in [0.15, 0.2) is 72.9 Å². The topological polar surface area (TPSA) is 78.9 Å². The number of rotatable bonds is 63. The van der Waals surface area contributed by atoms with Crippen LogP contribution in [0.2, 0.25) is 0 Å². The third-order valence-electron chi connectivity index (χ3n) is 15.2. The number of hydrogen-bond acceptors (Lipinski definition) is 6. The molecule has 0 fully saturated rings. The molecule has 0 bridgehead atoms. The number of hydrogen-bond donors (Lipinski definition) is 0. The predicted molar refractivity (Wildman–Crippen MR) is 344 cm³/mol. The molecule has 79 heavy (non-hydrogen) atoms. The van der Waals surface area contributed by atoms with E-state index in [0.29, 0.717) is 19.3 Å². The molecule has 0 amide bonds. The lowest BCUT2D eigenvalue weighted by Crippen LogP contribution is -2.30. The van der Waals surface area contributed by atoms with Crippen LogP contribution >= 0.6 is 0 Å². The van der Waals surface area contributed by atoms with E-state index >= 15 is 0 Å². The van der Waals surface area contributed by atoms with Crippen molar-refractivity contribution in [1.29, 1.82) is 0 Å². The fraction of sp³-hybridized carbons (Fsp3) is 0.795. The molecule has 0 rings (SSSR count). The summed E-state index contributed by atoms with van der Waals surface area (Å²) < 4.78 is 16.9. The molecule has 458 valence electrons. The van der Waals surface area contributed by atoms with Crippen LogP contribution in [0.5, 0.6) is 0 Å². The van der Waals surface area contributed by atoms with E-state index in [1.165, 1.54) is 244 Å². The second kappa shape index (κ2) is 67.4. The van der Waals surface area contributed by atoms with Crippen LogP contribution in [0.25, 0.3) is 0 Å². The summed E-state index contributed by atoms with van der Waals surface area (Å²) in [6.45, 7) is 6.60. The average Bonchev–Trinajstić information content (AvgIpc) is 3.45. The van der Waals surface area contributed by atoms with Crippen LogP contribution in [0.4, 0.5) is 0 Å². The normalized spacial score (nSPS) is 12.5. The van der Waals surface area contributed by atoms with Crippen molar-refractivity contribution in [3.05, 3.63) is 72.9 Å². The minimum atomic E-state index is -0.806. The molecule has 0 aromatic carbocycles. The van der Waals surface area contributed by atoms with Crippen molar-refractivity contribution in [2.24, 2.45) is 0 Å². The molecule has 0 aliphatic rings. The molecule has 0 unspecified atom stereocenters. The van der Waals surface area contributed by atoms with Gasteiger partial charge in [-0.05, 0) is 83.5 Å². The first-order valence-electron chi connectivity index (χ1n) is 34.4. The Hall–Kier alpha value is -3.15. The Morgan fingerprint density at radius 1 is 0.253 bits per heavy atom. The molecule has 0 aliphatic carbocycles. The summed E-state index contributed by atoms with van der Waals surface area (Å²) in [6, 6.07) is 0. The molecule has 0 N–H and O–H groups in total. The van der Waals surface area contributed by atoms with Crippen molar-refractivity contribution >= 4 is 17.9 Å². The number of allylic oxidation sites excluding steroid dienone is 12. The van der Waals surface area contributed by atoms with Crippen molar-refractivity contribution in [1.82, 2.24) is 0 Å². The van der Waals surface area contributed by atoms with Crippen LogP contribution in [0, 0.1) is 0 Å². The minimum Gasteiger partial charge on any atom is -0.462 e.